The first-order valence-electron chi connectivity index (χ1n) is 8.37. The zero-order valence-corrected chi connectivity index (χ0v) is 16.9. The Bertz CT molecular complexity index is 827. The van der Waals surface area contributed by atoms with Gasteiger partial charge in [0.15, 0.2) is 6.10 Å². The lowest BCUT2D eigenvalue weighted by atomic mass is 9.98. The van der Waals surface area contributed by atoms with Crippen molar-refractivity contribution in [2.75, 3.05) is 18.1 Å². The summed E-state index contributed by atoms with van der Waals surface area (Å²) in [4.78, 5) is 39.9. The highest BCUT2D eigenvalue weighted by atomic mass is 35.5. The lowest BCUT2D eigenvalue weighted by Crippen LogP contribution is -2.56. The number of carbonyl (C=O) groups excluding carboxylic acids is 2. The zero-order valence-electron chi connectivity index (χ0n) is 16.1. The fourth-order valence-corrected chi connectivity index (χ4v) is 2.77. The van der Waals surface area contributed by atoms with Gasteiger partial charge >= 0.3 is 18.1 Å². The molecule has 1 aromatic rings. The second kappa shape index (κ2) is 9.14. The molecule has 0 radical (unpaired) electrons. The normalized spacial score (nSPS) is 18.4. The summed E-state index contributed by atoms with van der Waals surface area (Å²) in [5.41, 5.74) is -3.85. The molecular weight excluding hydrogens is 437 g/mol. The van der Waals surface area contributed by atoms with E-state index in [0.717, 1.165) is 31.7 Å². The van der Waals surface area contributed by atoms with Gasteiger partial charge < -0.3 is 19.7 Å². The average Bonchev–Trinajstić information content (AvgIpc) is 2.58. The van der Waals surface area contributed by atoms with Crippen molar-refractivity contribution in [3.63, 3.8) is 0 Å². The summed E-state index contributed by atoms with van der Waals surface area (Å²) >= 11 is 0. The number of halogens is 4. The number of aromatic nitrogens is 1. The van der Waals surface area contributed by atoms with Crippen LogP contribution in [0.3, 0.4) is 0 Å². The van der Waals surface area contributed by atoms with Crippen LogP contribution in [0, 0.1) is 0 Å². The number of rotatable bonds is 5. The molecule has 0 unspecified atom stereocenters. The number of esters is 1. The maximum atomic E-state index is 13.2. The van der Waals surface area contributed by atoms with E-state index >= 15 is 0 Å². The third-order valence-corrected chi connectivity index (χ3v) is 3.98. The maximum Gasteiger partial charge on any atom is 0.418 e. The minimum Gasteiger partial charge on any atom is -0.478 e. The summed E-state index contributed by atoms with van der Waals surface area (Å²) < 4.78 is 49.5. The number of hydrogen-bond acceptors (Lipinski definition) is 7. The van der Waals surface area contributed by atoms with E-state index in [1.807, 2.05) is 0 Å². The Labute approximate surface area is 175 Å². The molecule has 2 N–H and O–H groups in total. The van der Waals surface area contributed by atoms with Crippen LogP contribution in [0.2, 0.25) is 0 Å². The molecule has 1 aliphatic heterocycles. The van der Waals surface area contributed by atoms with Crippen molar-refractivity contribution in [2.45, 2.75) is 44.8 Å². The van der Waals surface area contributed by atoms with Crippen molar-refractivity contribution in [3.8, 4) is 0 Å². The molecule has 0 aliphatic carbocycles. The van der Waals surface area contributed by atoms with E-state index in [4.69, 9.17) is 4.74 Å². The van der Waals surface area contributed by atoms with Gasteiger partial charge in [0.1, 0.15) is 11.4 Å². The number of hydrogen-bond donors (Lipinski definition) is 2. The first-order valence-corrected chi connectivity index (χ1v) is 8.37. The molecule has 0 bridgehead atoms. The third kappa shape index (κ3) is 5.58. The summed E-state index contributed by atoms with van der Waals surface area (Å²) in [6, 6.07) is 1.61. The average molecular weight is 457 g/mol. The number of nitrogens with zero attached hydrogens (tertiary/aromatic N) is 2. The Hall–Kier alpha value is -2.44. The molecule has 1 fully saturated rings. The van der Waals surface area contributed by atoms with Gasteiger partial charge in [-0.1, -0.05) is 0 Å². The lowest BCUT2D eigenvalue weighted by molar-refractivity contribution is -0.177. The Morgan fingerprint density at radius 1 is 1.33 bits per heavy atom. The molecule has 30 heavy (non-hydrogen) atoms. The number of amides is 1. The number of pyridine rings is 1. The van der Waals surface area contributed by atoms with Gasteiger partial charge in [-0.25, -0.2) is 9.78 Å². The van der Waals surface area contributed by atoms with Gasteiger partial charge in [-0.2, -0.15) is 13.2 Å². The molecule has 2 atom stereocenters. The Balaban J connectivity index is 0.00000450. The predicted octanol–water partition coefficient (Wildman–Crippen LogP) is 1.50. The van der Waals surface area contributed by atoms with Gasteiger partial charge in [0.05, 0.1) is 24.4 Å². The van der Waals surface area contributed by atoms with Gasteiger partial charge in [-0.3, -0.25) is 14.5 Å². The summed E-state index contributed by atoms with van der Waals surface area (Å²) in [5.74, 6) is -3.78. The molecule has 0 aromatic carbocycles. The number of morpholine rings is 1. The smallest absolute Gasteiger partial charge is 0.418 e. The molecule has 9 nitrogen and oxygen atoms in total. The minimum atomic E-state index is -4.79. The third-order valence-electron chi connectivity index (χ3n) is 3.98. The van der Waals surface area contributed by atoms with Crippen molar-refractivity contribution in [1.82, 2.24) is 4.98 Å². The molecule has 0 saturated carbocycles. The molecule has 13 heteroatoms. The maximum absolute atomic E-state index is 13.2. The van der Waals surface area contributed by atoms with Crippen molar-refractivity contribution < 1.29 is 47.2 Å². The summed E-state index contributed by atoms with van der Waals surface area (Å²) in [5, 5.41) is 19.3. The van der Waals surface area contributed by atoms with E-state index in [0.29, 0.717) is 6.07 Å². The number of carboxylic acids is 1. The van der Waals surface area contributed by atoms with E-state index in [-0.39, 0.29) is 31.4 Å². The molecule has 1 aliphatic rings. The first kappa shape index (κ1) is 25.6. The van der Waals surface area contributed by atoms with Gasteiger partial charge in [0, 0.05) is 6.92 Å². The lowest BCUT2D eigenvalue weighted by Gasteiger charge is -2.34. The Morgan fingerprint density at radius 2 is 1.93 bits per heavy atom. The van der Waals surface area contributed by atoms with Crippen LogP contribution in [0.15, 0.2) is 12.1 Å². The highest BCUT2D eigenvalue weighted by molar-refractivity contribution is 6.00. The highest BCUT2D eigenvalue weighted by Gasteiger charge is 2.44. The highest BCUT2D eigenvalue weighted by Crippen LogP contribution is 2.37. The van der Waals surface area contributed by atoms with Crippen LogP contribution in [0.5, 0.6) is 0 Å². The number of ether oxygens (including phenoxy) is 2. The zero-order chi connectivity index (χ0) is 22.1. The van der Waals surface area contributed by atoms with E-state index in [9.17, 15) is 37.8 Å². The molecule has 1 amide bonds. The summed E-state index contributed by atoms with van der Waals surface area (Å²) in [6.07, 6.45) is -8.44. The van der Waals surface area contributed by atoms with Crippen LogP contribution in [0.1, 0.15) is 32.0 Å². The second-order valence-corrected chi connectivity index (χ2v) is 6.77. The van der Waals surface area contributed by atoms with Crippen molar-refractivity contribution in [2.24, 2.45) is 0 Å². The van der Waals surface area contributed by atoms with E-state index in [1.165, 1.54) is 0 Å². The minimum absolute atomic E-state index is 0. The van der Waals surface area contributed by atoms with Crippen molar-refractivity contribution in [3.05, 3.63) is 23.4 Å². The molecular formula is C17H20ClF3N2O7. The number of aliphatic hydroxyl groups is 1. The standard InChI is InChI=1S/C17H19F3N2O7.ClH/c1-8(23)29-12(15(25)26)11-14(24)22(6-7-28-11)10-5-4-9(17(18,19)20)13(21-10)16(2,3)27;/h4-5,11-12,27H,6-7H2,1-3H3,(H,25,26);1H/t11-,12-;/m1./s1. The topological polar surface area (TPSA) is 126 Å². The fourth-order valence-electron chi connectivity index (χ4n) is 2.77. The monoisotopic (exact) mass is 456 g/mol. The van der Waals surface area contributed by atoms with Crippen molar-refractivity contribution >= 4 is 36.1 Å². The van der Waals surface area contributed by atoms with E-state index in [1.54, 1.807) is 0 Å². The molecule has 2 rings (SSSR count). The van der Waals surface area contributed by atoms with E-state index < -0.39 is 53.1 Å². The number of carboxylic acid groups (broad SMARTS) is 1. The van der Waals surface area contributed by atoms with Crippen LogP contribution in [-0.2, 0) is 35.6 Å². The predicted molar refractivity (Wildman–Crippen MR) is 97.0 cm³/mol. The van der Waals surface area contributed by atoms with Crippen molar-refractivity contribution in [1.29, 1.82) is 0 Å². The largest absolute Gasteiger partial charge is 0.478 e. The Kier molecular flexibility index (Phi) is 7.80. The van der Waals surface area contributed by atoms with Gasteiger partial charge in [0.25, 0.3) is 5.91 Å². The molecule has 0 spiro atoms. The number of anilines is 1. The second-order valence-electron chi connectivity index (χ2n) is 6.77. The van der Waals surface area contributed by atoms with Gasteiger partial charge in [-0.15, -0.1) is 12.4 Å². The molecule has 2 heterocycles. The first-order chi connectivity index (χ1) is 13.2. The fraction of sp³-hybridized carbons (Fsp3) is 0.529. The van der Waals surface area contributed by atoms with Gasteiger partial charge in [0.2, 0.25) is 6.10 Å². The van der Waals surface area contributed by atoms with Crippen LogP contribution < -0.4 is 4.90 Å². The summed E-state index contributed by atoms with van der Waals surface area (Å²) in [7, 11) is 0. The van der Waals surface area contributed by atoms with E-state index in [2.05, 4.69) is 9.72 Å². The number of alkyl halides is 3. The molecule has 168 valence electrons. The molecule has 1 aromatic heterocycles. The Morgan fingerprint density at radius 3 is 2.40 bits per heavy atom. The van der Waals surface area contributed by atoms with Gasteiger partial charge in [-0.05, 0) is 26.0 Å². The number of aliphatic carboxylic acids is 1. The summed E-state index contributed by atoms with van der Waals surface area (Å²) in [6.45, 7) is 2.86. The van der Waals surface area contributed by atoms with Crippen LogP contribution in [0.25, 0.3) is 0 Å². The molecule has 1 saturated heterocycles. The SMILES string of the molecule is CC(=O)O[C@@H](C(=O)O)[C@H]1OCCN(c2ccc(C(F)(F)F)c(C(C)(C)O)n2)C1=O.Cl. The van der Waals surface area contributed by atoms with Crippen LogP contribution >= 0.6 is 12.4 Å². The van der Waals surface area contributed by atoms with Crippen LogP contribution in [-0.4, -0.2) is 58.4 Å². The van der Waals surface area contributed by atoms with Crippen LogP contribution in [0.4, 0.5) is 19.0 Å². The number of carbonyl (C=O) groups is 3. The quantitative estimate of drug-likeness (QED) is 0.638.